The van der Waals surface area contributed by atoms with Gasteiger partial charge in [-0.3, -0.25) is 9.48 Å². The van der Waals surface area contributed by atoms with Gasteiger partial charge < -0.3 is 20.7 Å². The Morgan fingerprint density at radius 1 is 1.45 bits per heavy atom. The summed E-state index contributed by atoms with van der Waals surface area (Å²) < 4.78 is 6.70. The van der Waals surface area contributed by atoms with Gasteiger partial charge in [0.15, 0.2) is 0 Å². The summed E-state index contributed by atoms with van der Waals surface area (Å²) in [5, 5.41) is 6.98. The van der Waals surface area contributed by atoms with Gasteiger partial charge in [0.2, 0.25) is 5.91 Å². The van der Waals surface area contributed by atoms with Crippen LogP contribution in [0.15, 0.2) is 12.4 Å². The largest absolute Gasteiger partial charge is 0.383 e. The van der Waals surface area contributed by atoms with Crippen molar-refractivity contribution in [3.63, 3.8) is 0 Å². The predicted molar refractivity (Wildman–Crippen MR) is 81.2 cm³/mol. The van der Waals surface area contributed by atoms with E-state index in [1.165, 1.54) is 0 Å². The van der Waals surface area contributed by atoms with Gasteiger partial charge in [0.25, 0.3) is 0 Å². The normalized spacial score (nSPS) is 15.8. The van der Waals surface area contributed by atoms with Crippen LogP contribution in [0.4, 0.5) is 10.5 Å². The van der Waals surface area contributed by atoms with E-state index in [4.69, 9.17) is 10.5 Å². The average molecular weight is 309 g/mol. The van der Waals surface area contributed by atoms with Gasteiger partial charge in [-0.25, -0.2) is 4.79 Å². The van der Waals surface area contributed by atoms with E-state index in [9.17, 15) is 9.59 Å². The van der Waals surface area contributed by atoms with Crippen molar-refractivity contribution in [3.05, 3.63) is 12.4 Å². The number of aromatic nitrogens is 2. The lowest BCUT2D eigenvalue weighted by molar-refractivity contribution is -0.119. The maximum Gasteiger partial charge on any atom is 0.321 e. The Morgan fingerprint density at radius 3 is 2.82 bits per heavy atom. The number of piperidine rings is 1. The van der Waals surface area contributed by atoms with Crippen LogP contribution in [-0.2, 0) is 16.1 Å². The number of carbonyl (C=O) groups is 2. The van der Waals surface area contributed by atoms with E-state index in [2.05, 4.69) is 10.4 Å². The number of methoxy groups -OCH3 is 1. The maximum absolute atomic E-state index is 12.2. The lowest BCUT2D eigenvalue weighted by Gasteiger charge is -2.31. The molecule has 0 aliphatic carbocycles. The average Bonchev–Trinajstić information content (AvgIpc) is 2.92. The van der Waals surface area contributed by atoms with Crippen molar-refractivity contribution in [2.45, 2.75) is 25.8 Å². The summed E-state index contributed by atoms with van der Waals surface area (Å²) in [6, 6.07) is -0.135. The third-order valence-corrected chi connectivity index (χ3v) is 3.80. The Labute approximate surface area is 129 Å². The minimum atomic E-state index is -0.272. The first-order valence-corrected chi connectivity index (χ1v) is 7.44. The summed E-state index contributed by atoms with van der Waals surface area (Å²) in [6.45, 7) is 2.50. The molecule has 3 amide bonds. The van der Waals surface area contributed by atoms with Gasteiger partial charge >= 0.3 is 6.03 Å². The van der Waals surface area contributed by atoms with Gasteiger partial charge in [0.1, 0.15) is 0 Å². The van der Waals surface area contributed by atoms with Crippen LogP contribution >= 0.6 is 0 Å². The summed E-state index contributed by atoms with van der Waals surface area (Å²) in [5.41, 5.74) is 5.87. The van der Waals surface area contributed by atoms with E-state index < -0.39 is 0 Å². The van der Waals surface area contributed by atoms with E-state index in [-0.39, 0.29) is 11.9 Å². The van der Waals surface area contributed by atoms with Crippen LogP contribution in [0.25, 0.3) is 0 Å². The van der Waals surface area contributed by atoms with E-state index in [0.717, 1.165) is 12.8 Å². The first-order valence-electron chi connectivity index (χ1n) is 7.44. The fraction of sp³-hybridized carbons (Fsp3) is 0.643. The Bertz CT molecular complexity index is 508. The number of hydrogen-bond donors (Lipinski definition) is 2. The second-order valence-electron chi connectivity index (χ2n) is 5.52. The molecule has 0 atom stereocenters. The lowest BCUT2D eigenvalue weighted by Crippen LogP contribution is -2.41. The molecule has 122 valence electrons. The van der Waals surface area contributed by atoms with E-state index >= 15 is 0 Å². The van der Waals surface area contributed by atoms with Crippen molar-refractivity contribution in [2.24, 2.45) is 11.7 Å². The molecule has 0 unspecified atom stereocenters. The van der Waals surface area contributed by atoms with Gasteiger partial charge in [0.05, 0.1) is 25.0 Å². The number of urea groups is 1. The van der Waals surface area contributed by atoms with E-state index in [0.29, 0.717) is 44.3 Å². The quantitative estimate of drug-likeness (QED) is 0.805. The van der Waals surface area contributed by atoms with Crippen molar-refractivity contribution in [1.82, 2.24) is 14.7 Å². The molecule has 8 nitrogen and oxygen atoms in total. The van der Waals surface area contributed by atoms with Crippen molar-refractivity contribution < 1.29 is 14.3 Å². The topological polar surface area (TPSA) is 102 Å². The SMILES string of the molecule is COCCn1cc(NC(=O)N2CCC(CC(N)=O)CC2)cn1. The smallest absolute Gasteiger partial charge is 0.321 e. The van der Waals surface area contributed by atoms with Gasteiger partial charge in [-0.05, 0) is 18.8 Å². The first-order chi connectivity index (χ1) is 10.6. The number of anilines is 1. The molecule has 1 aromatic rings. The van der Waals surface area contributed by atoms with Gasteiger partial charge in [-0.2, -0.15) is 5.10 Å². The molecule has 1 aliphatic heterocycles. The van der Waals surface area contributed by atoms with Crippen molar-refractivity contribution >= 4 is 17.6 Å². The molecule has 22 heavy (non-hydrogen) atoms. The number of rotatable bonds is 6. The first kappa shape index (κ1) is 16.3. The van der Waals surface area contributed by atoms with Crippen LogP contribution in [0.1, 0.15) is 19.3 Å². The highest BCUT2D eigenvalue weighted by atomic mass is 16.5. The van der Waals surface area contributed by atoms with Gasteiger partial charge in [-0.15, -0.1) is 0 Å². The molecule has 0 spiro atoms. The molecule has 1 fully saturated rings. The Morgan fingerprint density at radius 2 is 2.18 bits per heavy atom. The number of nitrogens with zero attached hydrogens (tertiary/aromatic N) is 3. The number of hydrogen-bond acceptors (Lipinski definition) is 4. The minimum absolute atomic E-state index is 0.135. The summed E-state index contributed by atoms with van der Waals surface area (Å²) in [6.07, 6.45) is 5.42. The van der Waals surface area contributed by atoms with Crippen LogP contribution < -0.4 is 11.1 Å². The molecule has 1 saturated heterocycles. The molecule has 0 aromatic carbocycles. The second-order valence-corrected chi connectivity index (χ2v) is 5.52. The summed E-state index contributed by atoms with van der Waals surface area (Å²) in [7, 11) is 1.63. The van der Waals surface area contributed by atoms with Gasteiger partial charge in [0, 0.05) is 32.8 Å². The molecule has 2 rings (SSSR count). The zero-order valence-electron chi connectivity index (χ0n) is 12.8. The molecule has 0 bridgehead atoms. The Hall–Kier alpha value is -2.09. The number of primary amides is 1. The fourth-order valence-corrected chi connectivity index (χ4v) is 2.56. The molecule has 1 aliphatic rings. The molecular formula is C14H23N5O3. The molecule has 0 radical (unpaired) electrons. The Balaban J connectivity index is 1.78. The minimum Gasteiger partial charge on any atom is -0.383 e. The van der Waals surface area contributed by atoms with E-state index in [1.807, 2.05) is 0 Å². The van der Waals surface area contributed by atoms with E-state index in [1.54, 1.807) is 29.1 Å². The van der Waals surface area contributed by atoms with Crippen LogP contribution in [0.2, 0.25) is 0 Å². The second kappa shape index (κ2) is 7.79. The van der Waals surface area contributed by atoms with Crippen LogP contribution in [0, 0.1) is 5.92 Å². The highest BCUT2D eigenvalue weighted by Gasteiger charge is 2.24. The predicted octanol–water partition coefficient (Wildman–Crippen LogP) is 0.649. The van der Waals surface area contributed by atoms with Crippen LogP contribution in [0.5, 0.6) is 0 Å². The zero-order valence-corrected chi connectivity index (χ0v) is 12.8. The molecule has 3 N–H and O–H groups in total. The van der Waals surface area contributed by atoms with Crippen molar-refractivity contribution in [3.8, 4) is 0 Å². The number of likely N-dealkylation sites (tertiary alicyclic amines) is 1. The molecule has 0 saturated carbocycles. The third kappa shape index (κ3) is 4.73. The highest BCUT2D eigenvalue weighted by molar-refractivity contribution is 5.89. The molecule has 1 aromatic heterocycles. The summed E-state index contributed by atoms with van der Waals surface area (Å²) >= 11 is 0. The third-order valence-electron chi connectivity index (χ3n) is 3.80. The molecule has 2 heterocycles. The zero-order chi connectivity index (χ0) is 15.9. The molecular weight excluding hydrogens is 286 g/mol. The summed E-state index contributed by atoms with van der Waals surface area (Å²) in [5.74, 6) is 0.0183. The van der Waals surface area contributed by atoms with Crippen molar-refractivity contribution in [2.75, 3.05) is 32.1 Å². The number of nitrogens with two attached hydrogens (primary N) is 1. The summed E-state index contributed by atoms with van der Waals surface area (Å²) in [4.78, 5) is 24.8. The van der Waals surface area contributed by atoms with Gasteiger partial charge in [-0.1, -0.05) is 0 Å². The maximum atomic E-state index is 12.2. The Kier molecular flexibility index (Phi) is 5.76. The van der Waals surface area contributed by atoms with Crippen LogP contribution in [0.3, 0.4) is 0 Å². The molecule has 8 heteroatoms. The highest BCUT2D eigenvalue weighted by Crippen LogP contribution is 2.20. The monoisotopic (exact) mass is 309 g/mol. The van der Waals surface area contributed by atoms with Crippen LogP contribution in [-0.4, -0.2) is 53.4 Å². The number of amides is 3. The number of ether oxygens (including phenoxy) is 1. The fourth-order valence-electron chi connectivity index (χ4n) is 2.56. The lowest BCUT2D eigenvalue weighted by atomic mass is 9.93. The number of nitrogens with one attached hydrogen (secondary N) is 1. The van der Waals surface area contributed by atoms with Crippen molar-refractivity contribution in [1.29, 1.82) is 0 Å². The standard InChI is InChI=1S/C14H23N5O3/c1-22-7-6-19-10-12(9-16-19)17-14(21)18-4-2-11(3-5-18)8-13(15)20/h9-11H,2-8H2,1H3,(H2,15,20)(H,17,21). The number of carbonyl (C=O) groups excluding carboxylic acids is 2.